The summed E-state index contributed by atoms with van der Waals surface area (Å²) in [5, 5.41) is 9.98. The average molecular weight is 301 g/mol. The van der Waals surface area contributed by atoms with E-state index in [2.05, 4.69) is 4.98 Å². The third kappa shape index (κ3) is 2.24. The molecule has 0 saturated carbocycles. The number of para-hydroxylation sites is 1. The predicted molar refractivity (Wildman–Crippen MR) is 80.9 cm³/mol. The van der Waals surface area contributed by atoms with E-state index in [0.717, 1.165) is 11.1 Å². The van der Waals surface area contributed by atoms with Gasteiger partial charge in [0, 0.05) is 17.1 Å². The number of nitrogens with one attached hydrogen (secondary N) is 1. The second-order valence-electron chi connectivity index (χ2n) is 4.95. The van der Waals surface area contributed by atoms with Crippen molar-refractivity contribution in [3.05, 3.63) is 59.8 Å². The van der Waals surface area contributed by atoms with Crippen LogP contribution in [0.15, 0.2) is 58.5 Å². The number of benzene rings is 2. The summed E-state index contributed by atoms with van der Waals surface area (Å²) in [7, 11) is -3.61. The number of aromatic amines is 1. The highest BCUT2D eigenvalue weighted by atomic mass is 32.2. The molecule has 0 aliphatic heterocycles. The Labute approximate surface area is 123 Å². The summed E-state index contributed by atoms with van der Waals surface area (Å²) in [5.74, 6) is 0. The molecular formula is C16H15NO3S. The lowest BCUT2D eigenvalue weighted by atomic mass is 10.1. The first-order valence-electron chi connectivity index (χ1n) is 6.55. The largest absolute Gasteiger partial charge is 0.392 e. The maximum atomic E-state index is 12.8. The van der Waals surface area contributed by atoms with Crippen molar-refractivity contribution in [3.8, 4) is 0 Å². The van der Waals surface area contributed by atoms with Crippen molar-refractivity contribution in [2.45, 2.75) is 23.3 Å². The number of aliphatic hydroxyl groups is 1. The average Bonchev–Trinajstić information content (AvgIpc) is 2.92. The Bertz CT molecular complexity index is 910. The number of hydrogen-bond donors (Lipinski definition) is 2. The molecular weight excluding hydrogens is 286 g/mol. The lowest BCUT2D eigenvalue weighted by Crippen LogP contribution is -2.03. The minimum Gasteiger partial charge on any atom is -0.392 e. The van der Waals surface area contributed by atoms with Crippen LogP contribution in [-0.2, 0) is 16.4 Å². The third-order valence-corrected chi connectivity index (χ3v) is 5.43. The Kier molecular flexibility index (Phi) is 3.31. The van der Waals surface area contributed by atoms with Gasteiger partial charge >= 0.3 is 0 Å². The summed E-state index contributed by atoms with van der Waals surface area (Å²) < 4.78 is 25.6. The van der Waals surface area contributed by atoms with E-state index < -0.39 is 9.84 Å². The number of rotatable bonds is 3. The predicted octanol–water partition coefficient (Wildman–Crippen LogP) is 2.80. The highest BCUT2D eigenvalue weighted by Crippen LogP contribution is 2.29. The summed E-state index contributed by atoms with van der Waals surface area (Å²) in [5.41, 5.74) is 2.27. The maximum absolute atomic E-state index is 12.8. The summed E-state index contributed by atoms with van der Waals surface area (Å²) >= 11 is 0. The number of aromatic nitrogens is 1. The van der Waals surface area contributed by atoms with Gasteiger partial charge in [-0.3, -0.25) is 0 Å². The van der Waals surface area contributed by atoms with E-state index in [1.54, 1.807) is 18.2 Å². The molecule has 3 rings (SSSR count). The van der Waals surface area contributed by atoms with Crippen LogP contribution in [0.3, 0.4) is 0 Å². The molecule has 0 bridgehead atoms. The fourth-order valence-corrected chi connectivity index (χ4v) is 3.86. The zero-order valence-corrected chi connectivity index (χ0v) is 12.3. The van der Waals surface area contributed by atoms with Crippen LogP contribution in [0.4, 0.5) is 0 Å². The molecule has 4 nitrogen and oxygen atoms in total. The molecule has 108 valence electrons. The smallest absolute Gasteiger partial charge is 0.208 e. The van der Waals surface area contributed by atoms with Crippen LogP contribution >= 0.6 is 0 Å². The van der Waals surface area contributed by atoms with Crippen LogP contribution in [0.5, 0.6) is 0 Å². The van der Waals surface area contributed by atoms with Crippen molar-refractivity contribution in [2.24, 2.45) is 0 Å². The molecule has 2 N–H and O–H groups in total. The van der Waals surface area contributed by atoms with Gasteiger partial charge in [0.15, 0.2) is 0 Å². The minimum atomic E-state index is -3.61. The Balaban J connectivity index is 2.21. The molecule has 0 amide bonds. The third-order valence-electron chi connectivity index (χ3n) is 3.64. The van der Waals surface area contributed by atoms with Crippen LogP contribution in [0.2, 0.25) is 0 Å². The Morgan fingerprint density at radius 1 is 1.14 bits per heavy atom. The molecule has 0 atom stereocenters. The summed E-state index contributed by atoms with van der Waals surface area (Å²) in [6.45, 7) is 1.66. The van der Waals surface area contributed by atoms with Gasteiger partial charge in [-0.25, -0.2) is 8.42 Å². The monoisotopic (exact) mass is 301 g/mol. The van der Waals surface area contributed by atoms with E-state index >= 15 is 0 Å². The normalized spacial score (nSPS) is 11.9. The molecule has 0 aliphatic rings. The molecule has 0 radical (unpaired) electrons. The first kappa shape index (κ1) is 13.9. The van der Waals surface area contributed by atoms with Crippen LogP contribution in [0.1, 0.15) is 11.1 Å². The maximum Gasteiger partial charge on any atom is 0.208 e. The van der Waals surface area contributed by atoms with Gasteiger partial charge in [-0.1, -0.05) is 24.3 Å². The van der Waals surface area contributed by atoms with Gasteiger partial charge in [-0.15, -0.1) is 0 Å². The SMILES string of the molecule is Cc1ccc(S(=O)(=O)c2c[nH]c3ccccc23)cc1CO. The second kappa shape index (κ2) is 5.02. The summed E-state index contributed by atoms with van der Waals surface area (Å²) in [4.78, 5) is 3.43. The van der Waals surface area contributed by atoms with Crippen molar-refractivity contribution in [2.75, 3.05) is 0 Å². The van der Waals surface area contributed by atoms with E-state index in [9.17, 15) is 13.5 Å². The molecule has 0 aliphatic carbocycles. The van der Waals surface area contributed by atoms with Gasteiger partial charge in [-0.2, -0.15) is 0 Å². The molecule has 0 saturated heterocycles. The van der Waals surface area contributed by atoms with Crippen molar-refractivity contribution in [3.63, 3.8) is 0 Å². The summed E-state index contributed by atoms with van der Waals surface area (Å²) in [6, 6.07) is 12.1. The van der Waals surface area contributed by atoms with Gasteiger partial charge in [0.25, 0.3) is 0 Å². The van der Waals surface area contributed by atoms with Crippen molar-refractivity contribution < 1.29 is 13.5 Å². The first-order valence-corrected chi connectivity index (χ1v) is 8.04. The molecule has 1 heterocycles. The van der Waals surface area contributed by atoms with Gasteiger partial charge < -0.3 is 10.1 Å². The molecule has 0 unspecified atom stereocenters. The van der Waals surface area contributed by atoms with Crippen molar-refractivity contribution in [1.82, 2.24) is 4.98 Å². The molecule has 2 aromatic carbocycles. The Morgan fingerprint density at radius 3 is 2.67 bits per heavy atom. The molecule has 3 aromatic rings. The molecule has 5 heteroatoms. The van der Waals surface area contributed by atoms with Gasteiger partial charge in [-0.05, 0) is 36.2 Å². The molecule has 1 aromatic heterocycles. The molecule has 0 fully saturated rings. The van der Waals surface area contributed by atoms with Gasteiger partial charge in [0.05, 0.1) is 16.4 Å². The quantitative estimate of drug-likeness (QED) is 0.781. The molecule has 0 spiro atoms. The second-order valence-corrected chi connectivity index (χ2v) is 6.87. The number of H-pyrrole nitrogens is 1. The van der Waals surface area contributed by atoms with Crippen LogP contribution in [0, 0.1) is 6.92 Å². The topological polar surface area (TPSA) is 70.2 Å². The standard InChI is InChI=1S/C16H15NO3S/c1-11-6-7-13(8-12(11)10-18)21(19,20)16-9-17-15-5-3-2-4-14(15)16/h2-9,17-18H,10H2,1H3. The number of fused-ring (bicyclic) bond motifs is 1. The Morgan fingerprint density at radius 2 is 1.90 bits per heavy atom. The number of hydrogen-bond acceptors (Lipinski definition) is 3. The lowest BCUT2D eigenvalue weighted by molar-refractivity contribution is 0.280. The highest BCUT2D eigenvalue weighted by Gasteiger charge is 2.22. The fraction of sp³-hybridized carbons (Fsp3) is 0.125. The number of aryl methyl sites for hydroxylation is 1. The Hall–Kier alpha value is -2.11. The first-order chi connectivity index (χ1) is 10.0. The van der Waals surface area contributed by atoms with E-state index in [-0.39, 0.29) is 16.4 Å². The van der Waals surface area contributed by atoms with E-state index in [1.165, 1.54) is 12.3 Å². The fourth-order valence-electron chi connectivity index (χ4n) is 2.38. The minimum absolute atomic E-state index is 0.178. The number of sulfone groups is 1. The van der Waals surface area contributed by atoms with E-state index in [0.29, 0.717) is 10.9 Å². The summed E-state index contributed by atoms with van der Waals surface area (Å²) in [6.07, 6.45) is 1.51. The highest BCUT2D eigenvalue weighted by molar-refractivity contribution is 7.91. The van der Waals surface area contributed by atoms with E-state index in [4.69, 9.17) is 0 Å². The molecule has 21 heavy (non-hydrogen) atoms. The van der Waals surface area contributed by atoms with Crippen molar-refractivity contribution in [1.29, 1.82) is 0 Å². The van der Waals surface area contributed by atoms with Crippen LogP contribution in [0.25, 0.3) is 10.9 Å². The van der Waals surface area contributed by atoms with Gasteiger partial charge in [0.1, 0.15) is 0 Å². The van der Waals surface area contributed by atoms with Crippen LogP contribution in [-0.4, -0.2) is 18.5 Å². The van der Waals surface area contributed by atoms with E-state index in [1.807, 2.05) is 25.1 Å². The van der Waals surface area contributed by atoms with Crippen LogP contribution < -0.4 is 0 Å². The van der Waals surface area contributed by atoms with Gasteiger partial charge in [0.2, 0.25) is 9.84 Å². The van der Waals surface area contributed by atoms with Crippen molar-refractivity contribution >= 4 is 20.7 Å². The zero-order valence-electron chi connectivity index (χ0n) is 11.5. The number of aliphatic hydroxyl groups excluding tert-OH is 1. The lowest BCUT2D eigenvalue weighted by Gasteiger charge is -2.07. The zero-order chi connectivity index (χ0) is 15.0.